The maximum atomic E-state index is 10.8. The molecule has 3 rings (SSSR count). The molecule has 4 N–H and O–H groups in total. The number of nitrogens with one attached hydrogen (secondary N) is 1. The number of aliphatic hydroxyl groups excluding tert-OH is 1. The monoisotopic (exact) mass is 412 g/mol. The first-order valence-electron chi connectivity index (χ1n) is 10.5. The minimum atomic E-state index is -0.605. The van der Waals surface area contributed by atoms with E-state index in [1.807, 2.05) is 0 Å². The van der Waals surface area contributed by atoms with Crippen LogP contribution < -0.4 is 20.7 Å². The Kier molecular flexibility index (Phi) is 7.54. The smallest absolute Gasteiger partial charge is 0.316 e. The van der Waals surface area contributed by atoms with E-state index < -0.39 is 12.1 Å². The molecule has 0 radical (unpaired) electrons. The molecule has 1 aliphatic heterocycles. The largest absolute Gasteiger partial charge is 0.491 e. The van der Waals surface area contributed by atoms with Gasteiger partial charge in [0.25, 0.3) is 0 Å². The number of nitrogens with two attached hydrogens (primary N) is 1. The second kappa shape index (κ2) is 10.3. The third kappa shape index (κ3) is 6.37. The Bertz CT molecular complexity index is 800. The number of benzene rings is 2. The zero-order chi connectivity index (χ0) is 21.5. The van der Waals surface area contributed by atoms with Gasteiger partial charge in [-0.25, -0.2) is 4.79 Å². The number of aliphatic hydroxyl groups is 1. The summed E-state index contributed by atoms with van der Waals surface area (Å²) in [6.07, 6.45) is -0.565. The lowest BCUT2D eigenvalue weighted by atomic mass is 10.0. The van der Waals surface area contributed by atoms with E-state index in [-0.39, 0.29) is 6.61 Å². The highest BCUT2D eigenvalue weighted by Gasteiger charge is 2.20. The van der Waals surface area contributed by atoms with Crippen molar-refractivity contribution in [2.75, 3.05) is 49.5 Å². The molecular weight excluding hydrogens is 380 g/mol. The van der Waals surface area contributed by atoms with Gasteiger partial charge in [0.05, 0.1) is 0 Å². The number of hydrogen-bond acceptors (Lipinski definition) is 5. The van der Waals surface area contributed by atoms with Crippen LogP contribution in [0.1, 0.15) is 25.3 Å². The molecule has 2 amide bonds. The summed E-state index contributed by atoms with van der Waals surface area (Å²) in [7, 11) is 0. The highest BCUT2D eigenvalue weighted by atomic mass is 16.5. The molecule has 0 saturated carbocycles. The molecule has 0 aromatic heterocycles. The quantitative estimate of drug-likeness (QED) is 0.620. The highest BCUT2D eigenvalue weighted by Crippen LogP contribution is 2.21. The number of piperazine rings is 1. The first-order valence-corrected chi connectivity index (χ1v) is 10.5. The van der Waals surface area contributed by atoms with Crippen LogP contribution in [0, 0.1) is 0 Å². The van der Waals surface area contributed by atoms with Crippen molar-refractivity contribution in [3.05, 3.63) is 54.1 Å². The van der Waals surface area contributed by atoms with E-state index in [2.05, 4.69) is 53.2 Å². The van der Waals surface area contributed by atoms with E-state index in [9.17, 15) is 9.90 Å². The topological polar surface area (TPSA) is 91.1 Å². The third-order valence-corrected chi connectivity index (χ3v) is 5.33. The Hall–Kier alpha value is -2.77. The van der Waals surface area contributed by atoms with Crippen molar-refractivity contribution in [1.29, 1.82) is 0 Å². The van der Waals surface area contributed by atoms with Gasteiger partial charge in [0.15, 0.2) is 0 Å². The number of hydrogen-bond donors (Lipinski definition) is 3. The molecule has 1 saturated heterocycles. The molecule has 1 fully saturated rings. The first kappa shape index (κ1) is 21.9. The molecule has 7 nitrogen and oxygen atoms in total. The van der Waals surface area contributed by atoms with E-state index in [0.29, 0.717) is 23.9 Å². The van der Waals surface area contributed by atoms with Crippen LogP contribution in [0.15, 0.2) is 48.5 Å². The summed E-state index contributed by atoms with van der Waals surface area (Å²) in [5.74, 6) is 1.18. The number of amides is 2. The fraction of sp³-hybridized carbons (Fsp3) is 0.435. The number of nitrogens with zero attached hydrogens (tertiary/aromatic N) is 2. The Labute approximate surface area is 178 Å². The number of rotatable bonds is 8. The van der Waals surface area contributed by atoms with Crippen molar-refractivity contribution in [2.45, 2.75) is 25.9 Å². The Morgan fingerprint density at radius 1 is 1.07 bits per heavy atom. The lowest BCUT2D eigenvalue weighted by molar-refractivity contribution is 0.0663. The Morgan fingerprint density at radius 2 is 1.70 bits per heavy atom. The predicted octanol–water partition coefficient (Wildman–Crippen LogP) is 2.86. The molecule has 2 aromatic carbocycles. The van der Waals surface area contributed by atoms with Crippen molar-refractivity contribution in [1.82, 2.24) is 4.90 Å². The standard InChI is InChI=1S/C23H32N4O3/c1-17(2)18-3-7-20(8-4-18)27-13-11-26(12-14-27)15-21(28)16-30-22-9-5-19(6-10-22)25-23(24)29/h3-10,17,21,28H,11-16H2,1-2H3,(H3,24,25,29)/t21-/m1/s1. The van der Waals surface area contributed by atoms with Gasteiger partial charge in [-0.1, -0.05) is 26.0 Å². The van der Waals surface area contributed by atoms with Gasteiger partial charge in [-0.2, -0.15) is 0 Å². The molecule has 162 valence electrons. The molecule has 1 heterocycles. The summed E-state index contributed by atoms with van der Waals surface area (Å²) in [5.41, 5.74) is 8.31. The van der Waals surface area contributed by atoms with Crippen molar-refractivity contribution >= 4 is 17.4 Å². The Balaban J connectivity index is 1.39. The average molecular weight is 413 g/mol. The lowest BCUT2D eigenvalue weighted by Gasteiger charge is -2.37. The van der Waals surface area contributed by atoms with E-state index >= 15 is 0 Å². The Morgan fingerprint density at radius 3 is 2.27 bits per heavy atom. The van der Waals surface area contributed by atoms with E-state index in [1.54, 1.807) is 24.3 Å². The van der Waals surface area contributed by atoms with Gasteiger partial charge in [0.2, 0.25) is 0 Å². The number of ether oxygens (including phenoxy) is 1. The molecule has 0 aliphatic carbocycles. The third-order valence-electron chi connectivity index (χ3n) is 5.33. The van der Waals surface area contributed by atoms with Crippen LogP contribution in [0.5, 0.6) is 5.75 Å². The fourth-order valence-corrected chi connectivity index (χ4v) is 3.58. The van der Waals surface area contributed by atoms with Crippen molar-refractivity contribution < 1.29 is 14.6 Å². The van der Waals surface area contributed by atoms with Crippen LogP contribution in [-0.2, 0) is 0 Å². The molecule has 0 unspecified atom stereocenters. The second-order valence-electron chi connectivity index (χ2n) is 8.01. The zero-order valence-corrected chi connectivity index (χ0v) is 17.8. The molecule has 7 heteroatoms. The minimum absolute atomic E-state index is 0.222. The number of primary amides is 1. The van der Waals surface area contributed by atoms with Gasteiger partial charge < -0.3 is 25.8 Å². The minimum Gasteiger partial charge on any atom is -0.491 e. The molecular formula is C23H32N4O3. The van der Waals surface area contributed by atoms with Crippen LogP contribution in [-0.4, -0.2) is 61.5 Å². The predicted molar refractivity (Wildman–Crippen MR) is 120 cm³/mol. The maximum absolute atomic E-state index is 10.8. The average Bonchev–Trinajstić information content (AvgIpc) is 2.73. The summed E-state index contributed by atoms with van der Waals surface area (Å²) >= 11 is 0. The maximum Gasteiger partial charge on any atom is 0.316 e. The van der Waals surface area contributed by atoms with Gasteiger partial charge in [0, 0.05) is 44.1 Å². The zero-order valence-electron chi connectivity index (χ0n) is 17.8. The van der Waals surface area contributed by atoms with Gasteiger partial charge in [-0.15, -0.1) is 0 Å². The fourth-order valence-electron chi connectivity index (χ4n) is 3.58. The van der Waals surface area contributed by atoms with Crippen LogP contribution in [0.2, 0.25) is 0 Å². The summed E-state index contributed by atoms with van der Waals surface area (Å²) in [4.78, 5) is 15.5. The van der Waals surface area contributed by atoms with Gasteiger partial charge in [0.1, 0.15) is 18.5 Å². The SMILES string of the molecule is CC(C)c1ccc(N2CCN(C[C@@H](O)COc3ccc(NC(N)=O)cc3)CC2)cc1. The molecule has 1 atom stereocenters. The molecule has 30 heavy (non-hydrogen) atoms. The van der Waals surface area contributed by atoms with Gasteiger partial charge in [-0.3, -0.25) is 4.90 Å². The van der Waals surface area contributed by atoms with E-state index in [4.69, 9.17) is 10.5 Å². The van der Waals surface area contributed by atoms with Gasteiger partial charge >= 0.3 is 6.03 Å². The van der Waals surface area contributed by atoms with E-state index in [1.165, 1.54) is 11.3 Å². The number of carbonyl (C=O) groups is 1. The van der Waals surface area contributed by atoms with Crippen LogP contribution in [0.3, 0.4) is 0 Å². The van der Waals surface area contributed by atoms with E-state index in [0.717, 1.165) is 26.2 Å². The summed E-state index contributed by atoms with van der Waals surface area (Å²) < 4.78 is 5.66. The van der Waals surface area contributed by atoms with Crippen LogP contribution in [0.25, 0.3) is 0 Å². The summed E-state index contributed by atoms with van der Waals surface area (Å²) in [6, 6.07) is 15.1. The van der Waals surface area contributed by atoms with Crippen molar-refractivity contribution in [2.24, 2.45) is 5.73 Å². The van der Waals surface area contributed by atoms with Crippen LogP contribution in [0.4, 0.5) is 16.2 Å². The number of urea groups is 1. The summed E-state index contributed by atoms with van der Waals surface area (Å²) in [5, 5.41) is 12.8. The summed E-state index contributed by atoms with van der Waals surface area (Å²) in [6.45, 7) is 8.94. The van der Waals surface area contributed by atoms with Gasteiger partial charge in [-0.05, 0) is 47.9 Å². The molecule has 0 spiro atoms. The first-order chi connectivity index (χ1) is 14.4. The molecule has 1 aliphatic rings. The molecule has 2 aromatic rings. The highest BCUT2D eigenvalue weighted by molar-refractivity contribution is 5.87. The second-order valence-corrected chi connectivity index (χ2v) is 8.01. The van der Waals surface area contributed by atoms with Crippen molar-refractivity contribution in [3.63, 3.8) is 0 Å². The molecule has 0 bridgehead atoms. The lowest BCUT2D eigenvalue weighted by Crippen LogP contribution is -2.49. The number of anilines is 2. The number of carbonyl (C=O) groups excluding carboxylic acids is 1. The number of β-amino-alcohol motifs (C(OH)–C–C–N with tert-alkyl or cyclic N) is 1. The van der Waals surface area contributed by atoms with Crippen molar-refractivity contribution in [3.8, 4) is 5.75 Å². The normalized spacial score (nSPS) is 15.8. The van der Waals surface area contributed by atoms with Crippen LogP contribution >= 0.6 is 0 Å².